The van der Waals surface area contributed by atoms with Crippen molar-refractivity contribution < 1.29 is 14.7 Å². The number of benzene rings is 1. The summed E-state index contributed by atoms with van der Waals surface area (Å²) in [6.07, 6.45) is 0. The highest BCUT2D eigenvalue weighted by atomic mass is 32.2. The van der Waals surface area contributed by atoms with Gasteiger partial charge in [0.15, 0.2) is 0 Å². The Morgan fingerprint density at radius 3 is 2.74 bits per heavy atom. The molecule has 0 saturated heterocycles. The number of hydrogen-bond donors (Lipinski definition) is 2. The van der Waals surface area contributed by atoms with Crippen molar-refractivity contribution in [3.05, 3.63) is 29.8 Å². The average Bonchev–Trinajstić information content (AvgIpc) is 2.36. The Hall–Kier alpha value is -2.00. The van der Waals surface area contributed by atoms with Crippen molar-refractivity contribution in [1.82, 2.24) is 0 Å². The molecule has 100 valence electrons. The van der Waals surface area contributed by atoms with Crippen LogP contribution in [0.15, 0.2) is 24.3 Å². The average molecular weight is 278 g/mol. The highest BCUT2D eigenvalue weighted by molar-refractivity contribution is 8.02. The topological polar surface area (TPSA) is 90.2 Å². The van der Waals surface area contributed by atoms with E-state index in [2.05, 4.69) is 5.32 Å². The quantitative estimate of drug-likeness (QED) is 0.860. The molecule has 5 nitrogen and oxygen atoms in total. The van der Waals surface area contributed by atoms with Crippen LogP contribution in [-0.2, 0) is 9.59 Å². The lowest BCUT2D eigenvalue weighted by molar-refractivity contribution is -0.138. The van der Waals surface area contributed by atoms with Gasteiger partial charge in [-0.15, -0.1) is 11.8 Å². The van der Waals surface area contributed by atoms with E-state index in [1.54, 1.807) is 38.1 Å². The minimum atomic E-state index is -1.01. The van der Waals surface area contributed by atoms with Crippen LogP contribution in [-0.4, -0.2) is 27.5 Å². The number of amides is 1. The number of hydrogen-bond acceptors (Lipinski definition) is 4. The number of aliphatic carboxylic acids is 1. The normalized spacial score (nSPS) is 10.6. The monoisotopic (exact) mass is 278 g/mol. The third-order valence-electron chi connectivity index (χ3n) is 2.35. The molecule has 0 saturated carbocycles. The van der Waals surface area contributed by atoms with Crippen LogP contribution in [0.1, 0.15) is 19.4 Å². The summed E-state index contributed by atoms with van der Waals surface area (Å²) in [5.41, 5.74) is 0.981. The molecule has 0 heterocycles. The summed E-state index contributed by atoms with van der Waals surface area (Å²) in [5, 5.41) is 20.3. The van der Waals surface area contributed by atoms with Crippen LogP contribution >= 0.6 is 11.8 Å². The lowest BCUT2D eigenvalue weighted by atomic mass is 10.2. The van der Waals surface area contributed by atoms with Gasteiger partial charge in [0, 0.05) is 5.69 Å². The van der Waals surface area contributed by atoms with Crippen molar-refractivity contribution in [3.8, 4) is 6.07 Å². The predicted octanol–water partition coefficient (Wildman–Crippen LogP) is 2.09. The van der Waals surface area contributed by atoms with E-state index >= 15 is 0 Å². The Morgan fingerprint density at radius 1 is 1.47 bits per heavy atom. The first-order valence-electron chi connectivity index (χ1n) is 5.52. The fraction of sp³-hybridized carbons (Fsp3) is 0.308. The largest absolute Gasteiger partial charge is 0.480 e. The van der Waals surface area contributed by atoms with E-state index in [1.165, 1.54) is 0 Å². The lowest BCUT2D eigenvalue weighted by Crippen LogP contribution is -2.29. The number of carbonyl (C=O) groups excluding carboxylic acids is 1. The minimum absolute atomic E-state index is 0.0378. The molecule has 2 N–H and O–H groups in total. The van der Waals surface area contributed by atoms with E-state index < -0.39 is 10.7 Å². The molecule has 0 atom stereocenters. The number of carboxylic acids is 1. The number of nitriles is 1. The lowest BCUT2D eigenvalue weighted by Gasteiger charge is -2.17. The second kappa shape index (κ2) is 6.25. The first-order valence-corrected chi connectivity index (χ1v) is 6.51. The molecular formula is C13H14N2O3S. The van der Waals surface area contributed by atoms with Crippen molar-refractivity contribution >= 4 is 29.3 Å². The molecule has 1 rings (SSSR count). The number of nitrogens with zero attached hydrogens (tertiary/aromatic N) is 1. The molecule has 0 unspecified atom stereocenters. The molecule has 0 aliphatic rings. The Labute approximate surface area is 115 Å². The summed E-state index contributed by atoms with van der Waals surface area (Å²) in [4.78, 5) is 22.6. The maximum atomic E-state index is 11.7. The second-order valence-electron chi connectivity index (χ2n) is 4.34. The number of carbonyl (C=O) groups is 2. The molecule has 1 aromatic carbocycles. The summed E-state index contributed by atoms with van der Waals surface area (Å²) in [6, 6.07) is 8.52. The number of nitrogens with one attached hydrogen (secondary N) is 1. The van der Waals surface area contributed by atoms with Crippen molar-refractivity contribution in [1.29, 1.82) is 5.26 Å². The van der Waals surface area contributed by atoms with E-state index in [0.29, 0.717) is 11.3 Å². The molecule has 0 spiro atoms. The van der Waals surface area contributed by atoms with Gasteiger partial charge >= 0.3 is 5.97 Å². The number of carboxylic acid groups (broad SMARTS) is 1. The summed E-state index contributed by atoms with van der Waals surface area (Å²) < 4.78 is -1.01. The maximum Gasteiger partial charge on any atom is 0.319 e. The Bertz CT molecular complexity index is 535. The molecule has 1 aromatic rings. The van der Waals surface area contributed by atoms with Gasteiger partial charge in [0.25, 0.3) is 0 Å². The van der Waals surface area contributed by atoms with E-state index in [4.69, 9.17) is 10.4 Å². The summed E-state index contributed by atoms with van der Waals surface area (Å²) in [7, 11) is 0. The summed E-state index contributed by atoms with van der Waals surface area (Å²) in [6.45, 7) is 3.09. The SMILES string of the molecule is CC(C)(SCC(=O)Nc1cccc(C#N)c1)C(=O)O. The number of rotatable bonds is 5. The Morgan fingerprint density at radius 2 is 2.16 bits per heavy atom. The standard InChI is InChI=1S/C13H14N2O3S/c1-13(2,12(17)18)19-8-11(16)15-10-5-3-4-9(6-10)7-14/h3-6H,8H2,1-2H3,(H,15,16)(H,17,18). The van der Waals surface area contributed by atoms with Crippen molar-refractivity contribution in [2.24, 2.45) is 0 Å². The van der Waals surface area contributed by atoms with Crippen LogP contribution < -0.4 is 5.32 Å². The van der Waals surface area contributed by atoms with E-state index in [1.807, 2.05) is 6.07 Å². The molecule has 19 heavy (non-hydrogen) atoms. The van der Waals surface area contributed by atoms with Crippen LogP contribution in [0, 0.1) is 11.3 Å². The minimum Gasteiger partial charge on any atom is -0.480 e. The third kappa shape index (κ3) is 4.64. The highest BCUT2D eigenvalue weighted by Crippen LogP contribution is 2.24. The van der Waals surface area contributed by atoms with Gasteiger partial charge in [0.05, 0.1) is 17.4 Å². The smallest absolute Gasteiger partial charge is 0.319 e. The molecule has 0 aliphatic carbocycles. The Balaban J connectivity index is 2.57. The van der Waals surface area contributed by atoms with Gasteiger partial charge in [0.1, 0.15) is 4.75 Å². The zero-order valence-corrected chi connectivity index (χ0v) is 11.5. The van der Waals surface area contributed by atoms with Crippen LogP contribution in [0.3, 0.4) is 0 Å². The van der Waals surface area contributed by atoms with E-state index in [-0.39, 0.29) is 11.7 Å². The fourth-order valence-corrected chi connectivity index (χ4v) is 1.86. The van der Waals surface area contributed by atoms with Crippen molar-refractivity contribution in [2.75, 3.05) is 11.1 Å². The summed E-state index contributed by atoms with van der Waals surface area (Å²) in [5.74, 6) is -1.22. The highest BCUT2D eigenvalue weighted by Gasteiger charge is 2.28. The first kappa shape index (κ1) is 15.1. The summed E-state index contributed by atoms with van der Waals surface area (Å²) >= 11 is 1.05. The zero-order chi connectivity index (χ0) is 14.5. The van der Waals surface area contributed by atoms with Gasteiger partial charge in [0.2, 0.25) is 5.91 Å². The molecule has 6 heteroatoms. The molecule has 0 aromatic heterocycles. The molecule has 0 fully saturated rings. The predicted molar refractivity (Wildman–Crippen MR) is 74.0 cm³/mol. The van der Waals surface area contributed by atoms with E-state index in [9.17, 15) is 9.59 Å². The van der Waals surface area contributed by atoms with Gasteiger partial charge in [-0.2, -0.15) is 5.26 Å². The van der Waals surface area contributed by atoms with Crippen molar-refractivity contribution in [3.63, 3.8) is 0 Å². The van der Waals surface area contributed by atoms with Crippen LogP contribution in [0.25, 0.3) is 0 Å². The fourth-order valence-electron chi connectivity index (χ4n) is 1.17. The molecule has 1 amide bonds. The molecule has 0 aliphatic heterocycles. The van der Waals surface area contributed by atoms with Gasteiger partial charge in [-0.1, -0.05) is 6.07 Å². The van der Waals surface area contributed by atoms with Crippen LogP contribution in [0.4, 0.5) is 5.69 Å². The maximum absolute atomic E-state index is 11.7. The molecule has 0 radical (unpaired) electrons. The van der Waals surface area contributed by atoms with Crippen molar-refractivity contribution in [2.45, 2.75) is 18.6 Å². The zero-order valence-electron chi connectivity index (χ0n) is 10.6. The molecule has 0 bridgehead atoms. The van der Waals surface area contributed by atoms with Gasteiger partial charge < -0.3 is 10.4 Å². The third-order valence-corrected chi connectivity index (χ3v) is 3.66. The first-order chi connectivity index (χ1) is 8.85. The number of anilines is 1. The van der Waals surface area contributed by atoms with E-state index in [0.717, 1.165) is 11.8 Å². The van der Waals surface area contributed by atoms with Crippen LogP contribution in [0.2, 0.25) is 0 Å². The van der Waals surface area contributed by atoms with Gasteiger partial charge in [-0.25, -0.2) is 0 Å². The number of thioether (sulfide) groups is 1. The molecular weight excluding hydrogens is 264 g/mol. The second-order valence-corrected chi connectivity index (χ2v) is 5.94. The Kier molecular flexibility index (Phi) is 4.95. The van der Waals surface area contributed by atoms with Gasteiger partial charge in [-0.05, 0) is 32.0 Å². The van der Waals surface area contributed by atoms with Crippen LogP contribution in [0.5, 0.6) is 0 Å². The van der Waals surface area contributed by atoms with Gasteiger partial charge in [-0.3, -0.25) is 9.59 Å².